The van der Waals surface area contributed by atoms with Gasteiger partial charge in [0, 0.05) is 15.4 Å². The zero-order chi connectivity index (χ0) is 26.8. The zero-order valence-corrected chi connectivity index (χ0v) is 22.0. The predicted octanol–water partition coefficient (Wildman–Crippen LogP) is 5.71. The van der Waals surface area contributed by atoms with E-state index in [0.29, 0.717) is 44.6 Å². The van der Waals surface area contributed by atoms with E-state index in [4.69, 9.17) is 13.9 Å². The topological polar surface area (TPSA) is 116 Å². The van der Waals surface area contributed by atoms with E-state index >= 15 is 0 Å². The van der Waals surface area contributed by atoms with Crippen molar-refractivity contribution in [2.45, 2.75) is 20.0 Å². The molecule has 192 valence electrons. The Balaban J connectivity index is 1.63. The minimum absolute atomic E-state index is 0.248. The number of nitrogens with zero attached hydrogens (tertiary/aromatic N) is 3. The number of carbonyl (C=O) groups is 1. The quantitative estimate of drug-likeness (QED) is 0.236. The van der Waals surface area contributed by atoms with Gasteiger partial charge >= 0.3 is 5.97 Å². The van der Waals surface area contributed by atoms with E-state index in [-0.39, 0.29) is 17.1 Å². The number of hydrogen-bond donors (Lipinski definition) is 1. The highest BCUT2D eigenvalue weighted by Gasteiger charge is 2.19. The van der Waals surface area contributed by atoms with Gasteiger partial charge in [-0.3, -0.25) is 4.79 Å². The first-order valence-corrected chi connectivity index (χ1v) is 12.6. The Morgan fingerprint density at radius 1 is 1.16 bits per heavy atom. The molecule has 3 aromatic carbocycles. The van der Waals surface area contributed by atoms with Gasteiger partial charge in [0.2, 0.25) is 5.82 Å². The summed E-state index contributed by atoms with van der Waals surface area (Å²) in [7, 11) is 0. The molecular weight excluding hydrogens is 554 g/mol. The number of halogens is 1. The first-order chi connectivity index (χ1) is 18.4. The fourth-order valence-corrected chi connectivity index (χ4v) is 4.28. The van der Waals surface area contributed by atoms with Crippen molar-refractivity contribution in [2.24, 2.45) is 5.10 Å². The fourth-order valence-electron chi connectivity index (χ4n) is 3.85. The van der Waals surface area contributed by atoms with Crippen LogP contribution in [0, 0.1) is 0 Å². The highest BCUT2D eigenvalue weighted by Crippen LogP contribution is 2.34. The normalized spacial score (nSPS) is 12.3. The molecule has 5 aromatic rings. The molecule has 0 aliphatic carbocycles. The molecule has 0 radical (unpaired) electrons. The number of aliphatic carboxylic acids is 1. The van der Waals surface area contributed by atoms with Gasteiger partial charge in [-0.1, -0.05) is 30.3 Å². The average molecular weight is 576 g/mol. The van der Waals surface area contributed by atoms with Gasteiger partial charge in [-0.15, -0.1) is 0 Å². The van der Waals surface area contributed by atoms with Crippen molar-refractivity contribution in [2.75, 3.05) is 6.61 Å². The summed E-state index contributed by atoms with van der Waals surface area (Å²) in [5, 5.41) is 15.0. The maximum Gasteiger partial charge on any atom is 0.344 e. The third kappa shape index (κ3) is 4.90. The molecule has 0 amide bonds. The molecule has 0 fully saturated rings. The van der Waals surface area contributed by atoms with Gasteiger partial charge < -0.3 is 19.0 Å². The Morgan fingerprint density at radius 2 is 1.92 bits per heavy atom. The van der Waals surface area contributed by atoms with Crippen LogP contribution in [0.4, 0.5) is 0 Å². The SMILES string of the molecule is CCOc1cc(C=Nn2c(-c3cc4ccccc4o3)nc3ccccc3c2=O)c(Br)cc1O[C@H](C)C(=O)O. The largest absolute Gasteiger partial charge is 0.490 e. The van der Waals surface area contributed by atoms with Crippen LogP contribution in [0.25, 0.3) is 33.5 Å². The summed E-state index contributed by atoms with van der Waals surface area (Å²) in [6.07, 6.45) is 0.412. The van der Waals surface area contributed by atoms with Crippen molar-refractivity contribution in [3.8, 4) is 23.1 Å². The van der Waals surface area contributed by atoms with Crippen LogP contribution in [0.2, 0.25) is 0 Å². The molecule has 0 bridgehead atoms. The number of rotatable bonds is 8. The molecule has 0 saturated heterocycles. The van der Waals surface area contributed by atoms with E-state index in [0.717, 1.165) is 5.39 Å². The first kappa shape index (κ1) is 25.2. The third-order valence-corrected chi connectivity index (χ3v) is 6.41. The lowest BCUT2D eigenvalue weighted by atomic mass is 10.2. The number of carboxylic acids is 1. The third-order valence-electron chi connectivity index (χ3n) is 5.73. The summed E-state index contributed by atoms with van der Waals surface area (Å²) in [4.78, 5) is 29.5. The molecule has 1 N–H and O–H groups in total. The molecule has 10 heteroatoms. The number of carboxylic acid groups (broad SMARTS) is 1. The minimum atomic E-state index is -1.10. The molecule has 0 spiro atoms. The van der Waals surface area contributed by atoms with E-state index < -0.39 is 12.1 Å². The monoisotopic (exact) mass is 575 g/mol. The maximum absolute atomic E-state index is 13.5. The Morgan fingerprint density at radius 3 is 2.68 bits per heavy atom. The van der Waals surface area contributed by atoms with Crippen LogP contribution in [0.5, 0.6) is 11.5 Å². The summed E-state index contributed by atoms with van der Waals surface area (Å²) in [6.45, 7) is 3.57. The van der Waals surface area contributed by atoms with Gasteiger partial charge in [0.05, 0.1) is 23.7 Å². The molecule has 1 atom stereocenters. The number of furan rings is 1. The van der Waals surface area contributed by atoms with Gasteiger partial charge in [-0.2, -0.15) is 9.78 Å². The predicted molar refractivity (Wildman–Crippen MR) is 147 cm³/mol. The number of para-hydroxylation sites is 2. The summed E-state index contributed by atoms with van der Waals surface area (Å²) in [5.74, 6) is 0.143. The van der Waals surface area contributed by atoms with Crippen LogP contribution in [-0.2, 0) is 4.79 Å². The van der Waals surface area contributed by atoms with Crippen LogP contribution in [0.1, 0.15) is 19.4 Å². The van der Waals surface area contributed by atoms with Gasteiger partial charge in [-0.05, 0) is 66.2 Å². The Bertz CT molecular complexity index is 1720. The van der Waals surface area contributed by atoms with Gasteiger partial charge in [-0.25, -0.2) is 9.78 Å². The number of fused-ring (bicyclic) bond motifs is 2. The van der Waals surface area contributed by atoms with Crippen LogP contribution < -0.4 is 15.0 Å². The van der Waals surface area contributed by atoms with Crippen molar-refractivity contribution < 1.29 is 23.8 Å². The van der Waals surface area contributed by atoms with Gasteiger partial charge in [0.1, 0.15) is 5.58 Å². The second kappa shape index (κ2) is 10.5. The lowest BCUT2D eigenvalue weighted by Gasteiger charge is -2.16. The molecule has 0 aliphatic heterocycles. The maximum atomic E-state index is 13.5. The second-order valence-electron chi connectivity index (χ2n) is 8.31. The van der Waals surface area contributed by atoms with Crippen LogP contribution >= 0.6 is 15.9 Å². The fraction of sp³-hybridized carbons (Fsp3) is 0.143. The molecule has 38 heavy (non-hydrogen) atoms. The van der Waals surface area contributed by atoms with E-state index in [1.54, 1.807) is 37.3 Å². The number of hydrogen-bond acceptors (Lipinski definition) is 7. The van der Waals surface area contributed by atoms with E-state index in [1.807, 2.05) is 36.4 Å². The number of ether oxygens (including phenoxy) is 2. The Hall–Kier alpha value is -4.44. The molecule has 0 aliphatic rings. The average Bonchev–Trinajstić information content (AvgIpc) is 3.34. The smallest absolute Gasteiger partial charge is 0.344 e. The lowest BCUT2D eigenvalue weighted by Crippen LogP contribution is -2.23. The molecule has 9 nitrogen and oxygen atoms in total. The van der Waals surface area contributed by atoms with Crippen molar-refractivity contribution in [1.29, 1.82) is 0 Å². The second-order valence-corrected chi connectivity index (χ2v) is 9.17. The standard InChI is InChI=1S/C28H22BrN3O6/c1-3-36-23-13-18(20(29)14-24(23)37-16(2)28(34)35)15-30-32-26(25-12-17-8-4-7-11-22(17)38-25)31-21-10-6-5-9-19(21)27(32)33/h4-16H,3H2,1-2H3,(H,34,35)/t16-/m1/s1. The molecular formula is C28H22BrN3O6. The number of aromatic nitrogens is 2. The highest BCUT2D eigenvalue weighted by atomic mass is 79.9. The molecule has 0 saturated carbocycles. The van der Waals surface area contributed by atoms with Gasteiger partial charge in [0.15, 0.2) is 23.4 Å². The molecule has 5 rings (SSSR count). The molecule has 2 aromatic heterocycles. The summed E-state index contributed by atoms with van der Waals surface area (Å²) in [5.41, 5.74) is 1.39. The zero-order valence-electron chi connectivity index (χ0n) is 20.4. The lowest BCUT2D eigenvalue weighted by molar-refractivity contribution is -0.144. The summed E-state index contributed by atoms with van der Waals surface area (Å²) in [6, 6.07) is 19.6. The Kier molecular flexibility index (Phi) is 6.97. The van der Waals surface area contributed by atoms with Crippen molar-refractivity contribution >= 4 is 50.0 Å². The van der Waals surface area contributed by atoms with Crippen LogP contribution in [0.15, 0.2) is 85.5 Å². The highest BCUT2D eigenvalue weighted by molar-refractivity contribution is 9.10. The molecule has 2 heterocycles. The first-order valence-electron chi connectivity index (χ1n) is 11.8. The van der Waals surface area contributed by atoms with E-state index in [2.05, 4.69) is 26.0 Å². The van der Waals surface area contributed by atoms with Crippen molar-refractivity contribution in [1.82, 2.24) is 9.66 Å². The van der Waals surface area contributed by atoms with E-state index in [9.17, 15) is 14.7 Å². The Labute approximate surface area is 225 Å². The van der Waals surface area contributed by atoms with Gasteiger partial charge in [0.25, 0.3) is 5.56 Å². The number of benzene rings is 3. The van der Waals surface area contributed by atoms with Crippen LogP contribution in [0.3, 0.4) is 0 Å². The minimum Gasteiger partial charge on any atom is -0.490 e. The van der Waals surface area contributed by atoms with Crippen molar-refractivity contribution in [3.63, 3.8) is 0 Å². The molecule has 0 unspecified atom stereocenters. The van der Waals surface area contributed by atoms with Crippen LogP contribution in [-0.4, -0.2) is 39.7 Å². The van der Waals surface area contributed by atoms with Crippen molar-refractivity contribution in [3.05, 3.63) is 87.1 Å². The summed E-state index contributed by atoms with van der Waals surface area (Å²) >= 11 is 3.48. The summed E-state index contributed by atoms with van der Waals surface area (Å²) < 4.78 is 19.0. The van der Waals surface area contributed by atoms with E-state index in [1.165, 1.54) is 17.8 Å².